The standard InChI is InChI=1S/C9H13N2.C5H5.CH.Fe/c1-2-4-9(3-1)11-7-5-10-6-8-11;1-2-4-5-3-1;;/h1-4,10H,5-8H2;1-5H;1H;/q2*-1;;. The normalized spacial score (nSPS) is 13.8. The number of nitrogens with one attached hydrogen (secondary N) is 1. The summed E-state index contributed by atoms with van der Waals surface area (Å²) >= 11 is 2.75. The average Bonchev–Trinajstić information content (AvgIpc) is 3.18. The van der Waals surface area contributed by atoms with Gasteiger partial charge in [-0.2, -0.15) is 30.3 Å². The molecular formula is C15H19FeN2-2. The van der Waals surface area contributed by atoms with Gasteiger partial charge in [-0.25, -0.2) is 24.3 Å². The second-order valence-corrected chi connectivity index (χ2v) is 3.84. The number of piperazine rings is 1. The molecular weight excluding hydrogens is 264 g/mol. The Kier molecular flexibility index (Phi) is 8.03. The Morgan fingerprint density at radius 2 is 1.56 bits per heavy atom. The Morgan fingerprint density at radius 1 is 1.00 bits per heavy atom. The number of hydrogen-bond acceptors (Lipinski definition) is 2. The summed E-state index contributed by atoms with van der Waals surface area (Å²) in [6, 6.07) is 18.5. The van der Waals surface area contributed by atoms with E-state index < -0.39 is 0 Å². The second kappa shape index (κ2) is 9.76. The molecule has 1 saturated heterocycles. The minimum atomic E-state index is 1.12. The molecule has 1 aliphatic heterocycles. The van der Waals surface area contributed by atoms with Gasteiger partial charge in [0.2, 0.25) is 0 Å². The molecule has 2 aromatic carbocycles. The maximum Gasteiger partial charge on any atom is 0.0186 e. The SMILES string of the molecule is [CH]#[Fe].c1cc[c-](N2CCNCC2)c1.c1cc[cH-]c1. The van der Waals surface area contributed by atoms with Crippen LogP contribution in [0.3, 0.4) is 0 Å². The molecule has 0 aromatic heterocycles. The first kappa shape index (κ1) is 14.8. The molecule has 2 nitrogen and oxygen atoms in total. The van der Waals surface area contributed by atoms with Crippen LogP contribution in [0.15, 0.2) is 54.6 Å². The van der Waals surface area contributed by atoms with E-state index in [9.17, 15) is 0 Å². The van der Waals surface area contributed by atoms with E-state index in [0.717, 1.165) is 26.2 Å². The zero-order chi connectivity index (χ0) is 13.1. The molecule has 1 heterocycles. The summed E-state index contributed by atoms with van der Waals surface area (Å²) in [5, 5.41) is 7.58. The third kappa shape index (κ3) is 5.39. The van der Waals surface area contributed by atoms with E-state index in [1.165, 1.54) is 5.69 Å². The van der Waals surface area contributed by atoms with Crippen LogP contribution in [-0.4, -0.2) is 26.2 Å². The fourth-order valence-electron chi connectivity index (χ4n) is 1.82. The van der Waals surface area contributed by atoms with Crippen molar-refractivity contribution in [2.75, 3.05) is 31.1 Å². The minimum absolute atomic E-state index is 1.12. The van der Waals surface area contributed by atoms with Gasteiger partial charge in [0.05, 0.1) is 0 Å². The Hall–Kier alpha value is -1.24. The second-order valence-electron chi connectivity index (χ2n) is 3.84. The van der Waals surface area contributed by atoms with Crippen molar-refractivity contribution >= 4 is 5.69 Å². The first-order chi connectivity index (χ1) is 8.97. The van der Waals surface area contributed by atoms with E-state index in [4.69, 9.17) is 0 Å². The molecule has 0 atom stereocenters. The maximum atomic E-state index is 4.25. The van der Waals surface area contributed by atoms with Gasteiger partial charge in [-0.15, -0.1) is 0 Å². The summed E-state index contributed by atoms with van der Waals surface area (Å²) in [5.41, 5.74) is 1.37. The Morgan fingerprint density at radius 3 is 2.00 bits per heavy atom. The zero-order valence-electron chi connectivity index (χ0n) is 10.4. The number of nitrogens with zero attached hydrogens (tertiary/aromatic N) is 1. The van der Waals surface area contributed by atoms with Crippen LogP contribution in [0, 0.1) is 5.23 Å². The van der Waals surface area contributed by atoms with E-state index in [2.05, 4.69) is 55.1 Å². The summed E-state index contributed by atoms with van der Waals surface area (Å²) in [6.45, 7) is 4.52. The molecule has 3 heteroatoms. The molecule has 1 aliphatic rings. The smallest absolute Gasteiger partial charge is 0.0186 e. The molecule has 0 unspecified atom stereocenters. The van der Waals surface area contributed by atoms with Crippen LogP contribution >= 0.6 is 0 Å². The molecule has 3 rings (SSSR count). The van der Waals surface area contributed by atoms with Crippen LogP contribution in [0.1, 0.15) is 0 Å². The largest absolute Gasteiger partial charge is 0.421 e. The number of hydrogen-bond donors (Lipinski definition) is 1. The summed E-state index contributed by atoms with van der Waals surface area (Å²) in [5.74, 6) is 0. The van der Waals surface area contributed by atoms with Crippen LogP contribution in [0.25, 0.3) is 0 Å². The maximum absolute atomic E-state index is 4.25. The van der Waals surface area contributed by atoms with Crippen molar-refractivity contribution in [2.24, 2.45) is 0 Å². The summed E-state index contributed by atoms with van der Waals surface area (Å²) < 4.78 is 0. The molecule has 0 saturated carbocycles. The minimum Gasteiger partial charge on any atom is -0.421 e. The first-order valence-electron chi connectivity index (χ1n) is 6.01. The van der Waals surface area contributed by atoms with Crippen molar-refractivity contribution in [3.8, 4) is 5.23 Å². The molecule has 0 spiro atoms. The van der Waals surface area contributed by atoms with Crippen molar-refractivity contribution < 1.29 is 15.4 Å². The first-order valence-corrected chi connectivity index (χ1v) is 6.65. The van der Waals surface area contributed by atoms with Gasteiger partial charge in [0, 0.05) is 26.2 Å². The van der Waals surface area contributed by atoms with E-state index >= 15 is 0 Å². The molecule has 0 radical (unpaired) electrons. The predicted octanol–water partition coefficient (Wildman–Crippen LogP) is 2.34. The van der Waals surface area contributed by atoms with Crippen molar-refractivity contribution in [1.82, 2.24) is 5.32 Å². The van der Waals surface area contributed by atoms with Crippen molar-refractivity contribution in [2.45, 2.75) is 0 Å². The number of anilines is 1. The fraction of sp³-hybridized carbons (Fsp3) is 0.267. The van der Waals surface area contributed by atoms with Gasteiger partial charge in [-0.1, -0.05) is 5.69 Å². The molecule has 0 aliphatic carbocycles. The Labute approximate surface area is 117 Å². The van der Waals surface area contributed by atoms with Crippen LogP contribution in [0.4, 0.5) is 5.69 Å². The van der Waals surface area contributed by atoms with Crippen LogP contribution in [0.5, 0.6) is 0 Å². The van der Waals surface area contributed by atoms with E-state index in [1.807, 2.05) is 30.3 Å². The van der Waals surface area contributed by atoms with Gasteiger partial charge in [0.1, 0.15) is 0 Å². The number of rotatable bonds is 1. The summed E-state index contributed by atoms with van der Waals surface area (Å²) in [7, 11) is 0. The molecule has 1 N–H and O–H groups in total. The van der Waals surface area contributed by atoms with Crippen LogP contribution in [0.2, 0.25) is 0 Å². The molecule has 2 aromatic rings. The van der Waals surface area contributed by atoms with E-state index in [0.29, 0.717) is 0 Å². The Bertz CT molecular complexity index is 366. The quantitative estimate of drug-likeness (QED) is 0.638. The molecule has 0 amide bonds. The Balaban J connectivity index is 0.000000195. The van der Waals surface area contributed by atoms with Crippen LogP contribution in [-0.2, 0) is 15.4 Å². The predicted molar refractivity (Wildman–Crippen MR) is 74.1 cm³/mol. The molecule has 1 fully saturated rings. The molecule has 18 heavy (non-hydrogen) atoms. The van der Waals surface area contributed by atoms with Gasteiger partial charge in [-0.3, -0.25) is 0 Å². The van der Waals surface area contributed by atoms with Crippen LogP contribution < -0.4 is 10.2 Å². The van der Waals surface area contributed by atoms with Gasteiger partial charge in [-0.05, 0) is 0 Å². The van der Waals surface area contributed by atoms with E-state index in [1.54, 1.807) is 0 Å². The van der Waals surface area contributed by atoms with Gasteiger partial charge in [0.25, 0.3) is 0 Å². The van der Waals surface area contributed by atoms with E-state index in [-0.39, 0.29) is 0 Å². The third-order valence-corrected chi connectivity index (χ3v) is 2.68. The topological polar surface area (TPSA) is 15.3 Å². The van der Waals surface area contributed by atoms with Gasteiger partial charge >= 0.3 is 20.6 Å². The zero-order valence-corrected chi connectivity index (χ0v) is 11.5. The average molecular weight is 283 g/mol. The van der Waals surface area contributed by atoms with Crippen molar-refractivity contribution in [1.29, 1.82) is 0 Å². The monoisotopic (exact) mass is 283 g/mol. The summed E-state index contributed by atoms with van der Waals surface area (Å²) in [6.07, 6.45) is 0. The van der Waals surface area contributed by atoms with Crippen molar-refractivity contribution in [3.05, 3.63) is 54.6 Å². The molecule has 99 valence electrons. The van der Waals surface area contributed by atoms with Gasteiger partial charge < -0.3 is 10.2 Å². The fourth-order valence-corrected chi connectivity index (χ4v) is 1.82. The van der Waals surface area contributed by atoms with Crippen molar-refractivity contribution in [3.63, 3.8) is 0 Å². The molecule has 0 bridgehead atoms. The summed E-state index contributed by atoms with van der Waals surface area (Å²) in [4.78, 5) is 2.41. The third-order valence-electron chi connectivity index (χ3n) is 2.68. The van der Waals surface area contributed by atoms with Gasteiger partial charge in [0.15, 0.2) is 0 Å².